The summed E-state index contributed by atoms with van der Waals surface area (Å²) in [5, 5.41) is 0. The van der Waals surface area contributed by atoms with Crippen molar-refractivity contribution in [1.82, 2.24) is 0 Å². The standard InChI is InChI=1S/C27H36/c1-5-11-19-17-25(23-15-9-7-13-21(19)23)27(3,4)26-18-20(12-6-2)22-14-8-10-16-24(22)26/h5-10,13-16,19-26H,1-2,11-12,17-18H2,3-4H3. The summed E-state index contributed by atoms with van der Waals surface area (Å²) in [6.07, 6.45) is 28.4. The molecule has 0 N–H and O–H groups in total. The van der Waals surface area contributed by atoms with Gasteiger partial charge in [0.15, 0.2) is 0 Å². The van der Waals surface area contributed by atoms with Crippen molar-refractivity contribution < 1.29 is 0 Å². The summed E-state index contributed by atoms with van der Waals surface area (Å²) in [5.41, 5.74) is 0.350. The van der Waals surface area contributed by atoms with Crippen LogP contribution >= 0.6 is 0 Å². The number of rotatable bonds is 6. The van der Waals surface area contributed by atoms with Gasteiger partial charge in [-0.1, -0.05) is 74.6 Å². The van der Waals surface area contributed by atoms with Crippen LogP contribution in [0.2, 0.25) is 0 Å². The van der Waals surface area contributed by atoms with Gasteiger partial charge in [0.2, 0.25) is 0 Å². The Balaban J connectivity index is 1.62. The Bertz CT molecular complexity index is 627. The van der Waals surface area contributed by atoms with E-state index in [1.165, 1.54) is 12.8 Å². The Kier molecular flexibility index (Phi) is 5.19. The SMILES string of the molecule is C=CCC1CC(C(C)(C)C2CC(CC=C)C3C=CC=CC32)C2C=CC=CC12. The van der Waals surface area contributed by atoms with Crippen molar-refractivity contribution in [2.24, 2.45) is 52.8 Å². The van der Waals surface area contributed by atoms with Crippen LogP contribution in [0.5, 0.6) is 0 Å². The fourth-order valence-electron chi connectivity index (χ4n) is 7.12. The molecule has 0 aromatic carbocycles. The van der Waals surface area contributed by atoms with Gasteiger partial charge in [0, 0.05) is 0 Å². The minimum Gasteiger partial charge on any atom is -0.103 e. The second kappa shape index (κ2) is 7.46. The van der Waals surface area contributed by atoms with Gasteiger partial charge in [-0.2, -0.15) is 0 Å². The van der Waals surface area contributed by atoms with Crippen molar-refractivity contribution in [1.29, 1.82) is 0 Å². The molecular formula is C27H36. The zero-order chi connectivity index (χ0) is 19.0. The van der Waals surface area contributed by atoms with E-state index in [1.54, 1.807) is 0 Å². The first-order chi connectivity index (χ1) is 13.1. The Labute approximate surface area is 166 Å². The molecule has 0 amide bonds. The quantitative estimate of drug-likeness (QED) is 0.441. The number of hydrogen-bond acceptors (Lipinski definition) is 0. The molecule has 27 heavy (non-hydrogen) atoms. The number of hydrogen-bond donors (Lipinski definition) is 0. The van der Waals surface area contributed by atoms with E-state index < -0.39 is 0 Å². The lowest BCUT2D eigenvalue weighted by atomic mass is 9.61. The monoisotopic (exact) mass is 360 g/mol. The molecule has 0 aromatic rings. The fourth-order valence-corrected chi connectivity index (χ4v) is 7.12. The summed E-state index contributed by atoms with van der Waals surface area (Å²) in [4.78, 5) is 0. The van der Waals surface area contributed by atoms with Crippen LogP contribution in [0, 0.1) is 52.8 Å². The van der Waals surface area contributed by atoms with E-state index in [1.807, 2.05) is 0 Å². The average molecular weight is 361 g/mol. The minimum atomic E-state index is 0.350. The van der Waals surface area contributed by atoms with Crippen LogP contribution in [-0.2, 0) is 0 Å². The third-order valence-electron chi connectivity index (χ3n) is 8.43. The van der Waals surface area contributed by atoms with Crippen molar-refractivity contribution in [3.8, 4) is 0 Å². The lowest BCUT2D eigenvalue weighted by Gasteiger charge is -2.44. The highest BCUT2D eigenvalue weighted by Crippen LogP contribution is 2.61. The van der Waals surface area contributed by atoms with Gasteiger partial charge in [-0.05, 0) is 78.4 Å². The predicted octanol–water partition coefficient (Wildman–Crippen LogP) is 7.15. The van der Waals surface area contributed by atoms with E-state index >= 15 is 0 Å². The molecular weight excluding hydrogens is 324 g/mol. The summed E-state index contributed by atoms with van der Waals surface area (Å²) >= 11 is 0. The Morgan fingerprint density at radius 3 is 1.44 bits per heavy atom. The van der Waals surface area contributed by atoms with E-state index in [4.69, 9.17) is 0 Å². The second-order valence-electron chi connectivity index (χ2n) is 9.92. The first-order valence-corrected chi connectivity index (χ1v) is 11.0. The average Bonchev–Trinajstić information content (AvgIpc) is 3.23. The number of fused-ring (bicyclic) bond motifs is 2. The van der Waals surface area contributed by atoms with Crippen LogP contribution in [-0.4, -0.2) is 0 Å². The Hall–Kier alpha value is -1.56. The van der Waals surface area contributed by atoms with Gasteiger partial charge in [0.1, 0.15) is 0 Å². The van der Waals surface area contributed by atoms with Crippen molar-refractivity contribution in [3.63, 3.8) is 0 Å². The van der Waals surface area contributed by atoms with Crippen LogP contribution in [0.3, 0.4) is 0 Å². The maximum absolute atomic E-state index is 4.04. The summed E-state index contributed by atoms with van der Waals surface area (Å²) in [5.74, 6) is 5.88. The van der Waals surface area contributed by atoms with Crippen molar-refractivity contribution >= 4 is 0 Å². The predicted molar refractivity (Wildman–Crippen MR) is 117 cm³/mol. The molecule has 8 atom stereocenters. The van der Waals surface area contributed by atoms with Crippen molar-refractivity contribution in [3.05, 3.63) is 73.9 Å². The molecule has 4 aliphatic rings. The molecule has 0 heteroatoms. The first-order valence-electron chi connectivity index (χ1n) is 11.0. The molecule has 8 unspecified atom stereocenters. The van der Waals surface area contributed by atoms with Crippen molar-refractivity contribution in [2.75, 3.05) is 0 Å². The largest absolute Gasteiger partial charge is 0.103 e. The summed E-state index contributed by atoms with van der Waals surface area (Å²) < 4.78 is 0. The first kappa shape index (κ1) is 18.8. The summed E-state index contributed by atoms with van der Waals surface area (Å²) in [7, 11) is 0. The van der Waals surface area contributed by atoms with E-state index in [0.29, 0.717) is 29.1 Å². The molecule has 2 saturated carbocycles. The molecule has 4 rings (SSSR count). The molecule has 0 radical (unpaired) electrons. The van der Waals surface area contributed by atoms with Gasteiger partial charge >= 0.3 is 0 Å². The molecule has 0 bridgehead atoms. The van der Waals surface area contributed by atoms with E-state index in [-0.39, 0.29) is 0 Å². The zero-order valence-corrected chi connectivity index (χ0v) is 17.1. The Morgan fingerprint density at radius 2 is 1.07 bits per heavy atom. The third kappa shape index (κ3) is 3.16. The molecule has 0 aliphatic heterocycles. The van der Waals surface area contributed by atoms with Gasteiger partial charge in [-0.25, -0.2) is 0 Å². The van der Waals surface area contributed by atoms with Gasteiger partial charge in [0.05, 0.1) is 0 Å². The molecule has 0 aromatic heterocycles. The highest BCUT2D eigenvalue weighted by atomic mass is 14.6. The van der Waals surface area contributed by atoms with E-state index in [0.717, 1.165) is 36.5 Å². The van der Waals surface area contributed by atoms with Gasteiger partial charge < -0.3 is 0 Å². The van der Waals surface area contributed by atoms with E-state index in [9.17, 15) is 0 Å². The molecule has 144 valence electrons. The number of allylic oxidation sites excluding steroid dienone is 10. The van der Waals surface area contributed by atoms with Gasteiger partial charge in [0.25, 0.3) is 0 Å². The highest BCUT2D eigenvalue weighted by molar-refractivity contribution is 5.24. The van der Waals surface area contributed by atoms with E-state index in [2.05, 4.69) is 87.8 Å². The van der Waals surface area contributed by atoms with Gasteiger partial charge in [-0.3, -0.25) is 0 Å². The second-order valence-corrected chi connectivity index (χ2v) is 9.92. The summed E-state index contributed by atoms with van der Waals surface area (Å²) in [6.45, 7) is 13.3. The summed E-state index contributed by atoms with van der Waals surface area (Å²) in [6, 6.07) is 0. The smallest absolute Gasteiger partial charge is 0.0131 e. The fraction of sp³-hybridized carbons (Fsp3) is 0.556. The zero-order valence-electron chi connectivity index (χ0n) is 17.1. The topological polar surface area (TPSA) is 0 Å². The maximum atomic E-state index is 4.04. The van der Waals surface area contributed by atoms with Crippen LogP contribution in [0.15, 0.2) is 73.9 Å². The van der Waals surface area contributed by atoms with Crippen LogP contribution in [0.4, 0.5) is 0 Å². The van der Waals surface area contributed by atoms with Crippen LogP contribution in [0.1, 0.15) is 39.5 Å². The van der Waals surface area contributed by atoms with Crippen molar-refractivity contribution in [2.45, 2.75) is 39.5 Å². The maximum Gasteiger partial charge on any atom is -0.0131 e. The lowest BCUT2D eigenvalue weighted by Crippen LogP contribution is -2.37. The van der Waals surface area contributed by atoms with Crippen LogP contribution < -0.4 is 0 Å². The normalized spacial score (nSPS) is 42.1. The Morgan fingerprint density at radius 1 is 0.704 bits per heavy atom. The molecule has 0 heterocycles. The molecule has 0 nitrogen and oxygen atoms in total. The lowest BCUT2D eigenvalue weighted by molar-refractivity contribution is 0.0731. The molecule has 4 aliphatic carbocycles. The molecule has 0 saturated heterocycles. The molecule has 2 fully saturated rings. The third-order valence-corrected chi connectivity index (χ3v) is 8.43. The van der Waals surface area contributed by atoms with Gasteiger partial charge in [-0.15, -0.1) is 13.2 Å². The highest BCUT2D eigenvalue weighted by Gasteiger charge is 2.54. The molecule has 0 spiro atoms. The van der Waals surface area contributed by atoms with Crippen LogP contribution in [0.25, 0.3) is 0 Å². The minimum absolute atomic E-state index is 0.350.